The molecule has 1 aromatic heterocycles. The molecule has 1 nitrogen and oxygen atoms in total. The first-order valence-corrected chi connectivity index (χ1v) is 8.08. The molecule has 1 heterocycles. The van der Waals surface area contributed by atoms with E-state index in [1.165, 1.54) is 47.5 Å². The van der Waals surface area contributed by atoms with Crippen molar-refractivity contribution in [2.24, 2.45) is 5.92 Å². The normalized spacial score (nSPS) is 15.4. The van der Waals surface area contributed by atoms with Crippen molar-refractivity contribution in [1.82, 2.24) is 5.32 Å². The summed E-state index contributed by atoms with van der Waals surface area (Å²) >= 11 is 1.90. The van der Waals surface area contributed by atoms with Crippen LogP contribution in [0.15, 0.2) is 42.5 Å². The highest BCUT2D eigenvalue weighted by Gasteiger charge is 2.16. The Morgan fingerprint density at radius 3 is 2.63 bits per heavy atom. The highest BCUT2D eigenvalue weighted by atomic mass is 32.1. The molecule has 100 valence electrons. The number of hydrogen-bond donors (Lipinski definition) is 1. The molecular formula is C17H21NS. The highest BCUT2D eigenvalue weighted by molar-refractivity contribution is 7.15. The molecule has 1 aliphatic carbocycles. The second-order valence-corrected chi connectivity index (χ2v) is 6.56. The lowest BCUT2D eigenvalue weighted by molar-refractivity contribution is 0.292. The predicted molar refractivity (Wildman–Crippen MR) is 83.4 cm³/mol. The van der Waals surface area contributed by atoms with E-state index in [1.807, 2.05) is 11.3 Å². The fourth-order valence-corrected chi connectivity index (χ4v) is 3.51. The summed E-state index contributed by atoms with van der Waals surface area (Å²) in [5.74, 6) is 1.01. The molecular weight excluding hydrogens is 250 g/mol. The van der Waals surface area contributed by atoms with Gasteiger partial charge in [0.15, 0.2) is 0 Å². The summed E-state index contributed by atoms with van der Waals surface area (Å²) in [4.78, 5) is 2.81. The summed E-state index contributed by atoms with van der Waals surface area (Å²) in [6, 6.07) is 15.1. The van der Waals surface area contributed by atoms with Crippen LogP contribution in [0.25, 0.3) is 10.4 Å². The largest absolute Gasteiger partial charge is 0.312 e. The van der Waals surface area contributed by atoms with Gasteiger partial charge >= 0.3 is 0 Å². The fraction of sp³-hybridized carbons (Fsp3) is 0.412. The topological polar surface area (TPSA) is 12.0 Å². The Kier molecular flexibility index (Phi) is 4.31. The number of thiophene rings is 1. The molecule has 0 bridgehead atoms. The molecule has 0 spiro atoms. The Bertz CT molecular complexity index is 499. The van der Waals surface area contributed by atoms with Gasteiger partial charge in [-0.2, -0.15) is 0 Å². The average molecular weight is 271 g/mol. The van der Waals surface area contributed by atoms with E-state index < -0.39 is 0 Å². The van der Waals surface area contributed by atoms with Gasteiger partial charge in [0.2, 0.25) is 0 Å². The lowest BCUT2D eigenvalue weighted by Gasteiger charge is -2.25. The van der Waals surface area contributed by atoms with Crippen LogP contribution in [0.5, 0.6) is 0 Å². The standard InChI is InChI=1S/C17H21NS/c1-2-7-15(8-3-1)17-10-9-16(19-17)13-18-12-11-14-5-4-6-14/h1-3,7-10,14,18H,4-6,11-13H2. The van der Waals surface area contributed by atoms with Crippen LogP contribution >= 0.6 is 11.3 Å². The molecule has 2 heteroatoms. The summed E-state index contributed by atoms with van der Waals surface area (Å²) in [5.41, 5.74) is 1.33. The zero-order chi connectivity index (χ0) is 12.9. The summed E-state index contributed by atoms with van der Waals surface area (Å²) < 4.78 is 0. The van der Waals surface area contributed by atoms with Gasteiger partial charge in [0.1, 0.15) is 0 Å². The summed E-state index contributed by atoms with van der Waals surface area (Å²) in [6.07, 6.45) is 5.73. The smallest absolute Gasteiger partial charge is 0.0346 e. The Morgan fingerprint density at radius 2 is 1.89 bits per heavy atom. The van der Waals surface area contributed by atoms with E-state index in [1.54, 1.807) is 0 Å². The van der Waals surface area contributed by atoms with Crippen molar-refractivity contribution in [3.63, 3.8) is 0 Å². The van der Waals surface area contributed by atoms with Gasteiger partial charge < -0.3 is 5.32 Å². The molecule has 0 atom stereocenters. The van der Waals surface area contributed by atoms with E-state index in [9.17, 15) is 0 Å². The molecule has 19 heavy (non-hydrogen) atoms. The summed E-state index contributed by atoms with van der Waals surface area (Å²) in [6.45, 7) is 2.19. The second kappa shape index (κ2) is 6.36. The molecule has 3 rings (SSSR count). The monoisotopic (exact) mass is 271 g/mol. The fourth-order valence-electron chi connectivity index (χ4n) is 2.53. The molecule has 1 aliphatic rings. The van der Waals surface area contributed by atoms with Crippen molar-refractivity contribution in [3.05, 3.63) is 47.3 Å². The molecule has 1 aromatic carbocycles. The lowest BCUT2D eigenvalue weighted by Crippen LogP contribution is -2.20. The minimum absolute atomic E-state index is 1.01. The van der Waals surface area contributed by atoms with Crippen LogP contribution in [0.2, 0.25) is 0 Å². The number of benzene rings is 1. The Hall–Kier alpha value is -1.12. The summed E-state index contributed by atoms with van der Waals surface area (Å²) in [5, 5.41) is 3.58. The van der Waals surface area contributed by atoms with Crippen molar-refractivity contribution in [3.8, 4) is 10.4 Å². The van der Waals surface area contributed by atoms with Crippen LogP contribution in [-0.2, 0) is 6.54 Å². The number of hydrogen-bond acceptors (Lipinski definition) is 2. The predicted octanol–water partition coefficient (Wildman–Crippen LogP) is 4.69. The van der Waals surface area contributed by atoms with E-state index in [-0.39, 0.29) is 0 Å². The molecule has 0 aliphatic heterocycles. The molecule has 2 aromatic rings. The van der Waals surface area contributed by atoms with Crippen LogP contribution in [-0.4, -0.2) is 6.54 Å². The number of nitrogens with one attached hydrogen (secondary N) is 1. The second-order valence-electron chi connectivity index (χ2n) is 5.39. The third-order valence-electron chi connectivity index (χ3n) is 3.97. The van der Waals surface area contributed by atoms with Crippen molar-refractivity contribution in [2.75, 3.05) is 6.54 Å². The third-order valence-corrected chi connectivity index (χ3v) is 5.11. The van der Waals surface area contributed by atoms with Crippen molar-refractivity contribution < 1.29 is 0 Å². The van der Waals surface area contributed by atoms with Gasteiger partial charge in [-0.15, -0.1) is 11.3 Å². The molecule has 0 radical (unpaired) electrons. The maximum Gasteiger partial charge on any atom is 0.0346 e. The summed E-state index contributed by atoms with van der Waals surface area (Å²) in [7, 11) is 0. The van der Waals surface area contributed by atoms with Gasteiger partial charge in [0.25, 0.3) is 0 Å². The van der Waals surface area contributed by atoms with E-state index in [2.05, 4.69) is 47.8 Å². The minimum Gasteiger partial charge on any atom is -0.312 e. The lowest BCUT2D eigenvalue weighted by atomic mass is 9.83. The van der Waals surface area contributed by atoms with Gasteiger partial charge in [-0.3, -0.25) is 0 Å². The first kappa shape index (κ1) is 12.9. The van der Waals surface area contributed by atoms with Crippen molar-refractivity contribution >= 4 is 11.3 Å². The first-order valence-electron chi connectivity index (χ1n) is 7.27. The zero-order valence-corrected chi connectivity index (χ0v) is 12.1. The number of rotatable bonds is 6. The maximum atomic E-state index is 3.58. The van der Waals surface area contributed by atoms with Crippen LogP contribution < -0.4 is 5.32 Å². The van der Waals surface area contributed by atoms with E-state index in [0.29, 0.717) is 0 Å². The van der Waals surface area contributed by atoms with E-state index in [4.69, 9.17) is 0 Å². The van der Waals surface area contributed by atoms with Crippen LogP contribution in [0.1, 0.15) is 30.6 Å². The van der Waals surface area contributed by atoms with Gasteiger partial charge in [0, 0.05) is 16.3 Å². The van der Waals surface area contributed by atoms with Crippen molar-refractivity contribution in [1.29, 1.82) is 0 Å². The maximum absolute atomic E-state index is 3.58. The third kappa shape index (κ3) is 3.46. The van der Waals surface area contributed by atoms with Gasteiger partial charge in [0.05, 0.1) is 0 Å². The molecule has 1 saturated carbocycles. The van der Waals surface area contributed by atoms with Gasteiger partial charge in [-0.25, -0.2) is 0 Å². The quantitative estimate of drug-likeness (QED) is 0.751. The van der Waals surface area contributed by atoms with Gasteiger partial charge in [-0.1, -0.05) is 49.6 Å². The average Bonchev–Trinajstić information content (AvgIpc) is 2.86. The Morgan fingerprint density at radius 1 is 1.05 bits per heavy atom. The van der Waals surface area contributed by atoms with E-state index >= 15 is 0 Å². The SMILES string of the molecule is c1ccc(-c2ccc(CNCCC3CCC3)s2)cc1. The first-order chi connectivity index (χ1) is 9.42. The van der Waals surface area contributed by atoms with Crippen LogP contribution in [0, 0.1) is 5.92 Å². The van der Waals surface area contributed by atoms with Gasteiger partial charge in [-0.05, 0) is 36.6 Å². The zero-order valence-electron chi connectivity index (χ0n) is 11.3. The molecule has 0 saturated heterocycles. The van der Waals surface area contributed by atoms with Crippen molar-refractivity contribution in [2.45, 2.75) is 32.2 Å². The molecule has 1 fully saturated rings. The molecule has 0 amide bonds. The van der Waals surface area contributed by atoms with Crippen LogP contribution in [0.3, 0.4) is 0 Å². The Balaban J connectivity index is 1.48. The molecule has 0 unspecified atom stereocenters. The molecule has 1 N–H and O–H groups in total. The van der Waals surface area contributed by atoms with Crippen LogP contribution in [0.4, 0.5) is 0 Å². The highest BCUT2D eigenvalue weighted by Crippen LogP contribution is 2.29. The Labute approximate surface area is 119 Å². The van der Waals surface area contributed by atoms with E-state index in [0.717, 1.165) is 12.5 Å². The minimum atomic E-state index is 1.01.